The molecule has 0 aliphatic rings. The van der Waals surface area contributed by atoms with Gasteiger partial charge in [-0.2, -0.15) is 0 Å². The van der Waals surface area contributed by atoms with E-state index >= 15 is 0 Å². The van der Waals surface area contributed by atoms with Crippen molar-refractivity contribution in [3.63, 3.8) is 0 Å². The van der Waals surface area contributed by atoms with Crippen LogP contribution < -0.4 is 9.86 Å². The molecule has 0 amide bonds. The van der Waals surface area contributed by atoms with Crippen LogP contribution in [-0.2, 0) is 26.6 Å². The van der Waals surface area contributed by atoms with Crippen LogP contribution in [0, 0.1) is 6.92 Å². The van der Waals surface area contributed by atoms with E-state index in [1.807, 2.05) is 31.2 Å². The van der Waals surface area contributed by atoms with Crippen LogP contribution in [0.1, 0.15) is 11.1 Å². The first-order chi connectivity index (χ1) is 10.2. The van der Waals surface area contributed by atoms with E-state index in [2.05, 4.69) is 4.72 Å². The van der Waals surface area contributed by atoms with Gasteiger partial charge in [0, 0.05) is 6.54 Å². The topological polar surface area (TPSA) is 106 Å². The van der Waals surface area contributed by atoms with Crippen molar-refractivity contribution in [1.29, 1.82) is 0 Å². The minimum atomic E-state index is -3.84. The minimum Gasteiger partial charge on any atom is -0.225 e. The maximum atomic E-state index is 12.2. The molecule has 118 valence electrons. The Morgan fingerprint density at radius 3 is 2.00 bits per heavy atom. The summed E-state index contributed by atoms with van der Waals surface area (Å²) in [5.41, 5.74) is 1.85. The molecule has 0 spiro atoms. The maximum Gasteiger partial charge on any atom is 0.240 e. The number of benzene rings is 2. The molecule has 0 saturated carbocycles. The Balaban J connectivity index is 2.19. The number of rotatable bonds is 5. The SMILES string of the molecule is Cc1ccccc1CNS(=O)(=O)c1ccc(S(N)(=O)=O)cc1. The fraction of sp³-hybridized carbons (Fsp3) is 0.143. The number of sulfonamides is 2. The van der Waals surface area contributed by atoms with Gasteiger partial charge in [-0.05, 0) is 42.3 Å². The van der Waals surface area contributed by atoms with Crippen LogP contribution in [0.15, 0.2) is 58.3 Å². The summed E-state index contributed by atoms with van der Waals surface area (Å²) in [5, 5.41) is 4.97. The third-order valence-electron chi connectivity index (χ3n) is 3.18. The van der Waals surface area contributed by atoms with Crippen LogP contribution in [0.4, 0.5) is 0 Å². The minimum absolute atomic E-state index is 0.0199. The van der Waals surface area contributed by atoms with E-state index in [9.17, 15) is 16.8 Å². The first-order valence-corrected chi connectivity index (χ1v) is 9.40. The Kier molecular flexibility index (Phi) is 4.66. The second kappa shape index (κ2) is 6.17. The van der Waals surface area contributed by atoms with Crippen molar-refractivity contribution in [1.82, 2.24) is 4.72 Å². The first-order valence-electron chi connectivity index (χ1n) is 6.37. The van der Waals surface area contributed by atoms with Gasteiger partial charge in [-0.15, -0.1) is 0 Å². The Morgan fingerprint density at radius 1 is 0.909 bits per heavy atom. The Morgan fingerprint density at radius 2 is 1.45 bits per heavy atom. The summed E-state index contributed by atoms with van der Waals surface area (Å²) in [6.45, 7) is 2.05. The molecule has 0 heterocycles. The molecule has 0 unspecified atom stereocenters. The lowest BCUT2D eigenvalue weighted by molar-refractivity contribution is 0.580. The molecule has 0 aliphatic heterocycles. The Labute approximate surface area is 130 Å². The van der Waals surface area contributed by atoms with E-state index < -0.39 is 20.0 Å². The van der Waals surface area contributed by atoms with Crippen molar-refractivity contribution < 1.29 is 16.8 Å². The summed E-state index contributed by atoms with van der Waals surface area (Å²) >= 11 is 0. The molecule has 2 aromatic carbocycles. The Hall–Kier alpha value is -1.74. The van der Waals surface area contributed by atoms with Gasteiger partial charge >= 0.3 is 0 Å². The number of primary sulfonamides is 1. The average Bonchev–Trinajstić information content (AvgIpc) is 2.46. The molecule has 22 heavy (non-hydrogen) atoms. The number of aryl methyl sites for hydroxylation is 1. The summed E-state index contributed by atoms with van der Waals surface area (Å²) in [7, 11) is -7.56. The highest BCUT2D eigenvalue weighted by Crippen LogP contribution is 2.14. The van der Waals surface area contributed by atoms with E-state index in [0.29, 0.717) is 0 Å². The van der Waals surface area contributed by atoms with E-state index in [1.54, 1.807) is 0 Å². The number of hydrogen-bond donors (Lipinski definition) is 2. The number of hydrogen-bond acceptors (Lipinski definition) is 4. The molecule has 0 saturated heterocycles. The van der Waals surface area contributed by atoms with Crippen LogP contribution in [0.25, 0.3) is 0 Å². The lowest BCUT2D eigenvalue weighted by Crippen LogP contribution is -2.23. The lowest BCUT2D eigenvalue weighted by atomic mass is 10.1. The molecule has 2 aromatic rings. The van der Waals surface area contributed by atoms with Gasteiger partial charge in [0.25, 0.3) is 0 Å². The van der Waals surface area contributed by atoms with Crippen LogP contribution in [0.2, 0.25) is 0 Å². The zero-order valence-corrected chi connectivity index (χ0v) is 13.5. The third-order valence-corrected chi connectivity index (χ3v) is 5.52. The predicted octanol–water partition coefficient (Wildman–Crippen LogP) is 1.12. The molecule has 8 heteroatoms. The molecular weight excluding hydrogens is 324 g/mol. The van der Waals surface area contributed by atoms with Gasteiger partial charge in [-0.3, -0.25) is 0 Å². The highest BCUT2D eigenvalue weighted by atomic mass is 32.2. The smallest absolute Gasteiger partial charge is 0.225 e. The van der Waals surface area contributed by atoms with Crippen LogP contribution >= 0.6 is 0 Å². The van der Waals surface area contributed by atoms with Crippen molar-refractivity contribution in [2.45, 2.75) is 23.3 Å². The van der Waals surface area contributed by atoms with Crippen LogP contribution in [-0.4, -0.2) is 16.8 Å². The summed E-state index contributed by atoms with van der Waals surface area (Å²) in [5.74, 6) is 0. The molecule has 0 atom stereocenters. The van der Waals surface area contributed by atoms with Crippen molar-refractivity contribution in [3.05, 3.63) is 59.7 Å². The summed E-state index contributed by atoms with van der Waals surface area (Å²) in [4.78, 5) is -0.154. The fourth-order valence-electron chi connectivity index (χ4n) is 1.87. The van der Waals surface area contributed by atoms with Crippen LogP contribution in [0.5, 0.6) is 0 Å². The second-order valence-corrected chi connectivity index (χ2v) is 8.10. The van der Waals surface area contributed by atoms with E-state index in [0.717, 1.165) is 23.3 Å². The van der Waals surface area contributed by atoms with Gasteiger partial charge in [0.1, 0.15) is 0 Å². The van der Waals surface area contributed by atoms with Gasteiger partial charge in [0.2, 0.25) is 20.0 Å². The summed E-state index contributed by atoms with van der Waals surface area (Å²) in [6.07, 6.45) is 0. The number of nitrogens with one attached hydrogen (secondary N) is 1. The van der Waals surface area contributed by atoms with Gasteiger partial charge in [-0.1, -0.05) is 24.3 Å². The van der Waals surface area contributed by atoms with Crippen molar-refractivity contribution in [3.8, 4) is 0 Å². The second-order valence-electron chi connectivity index (χ2n) is 4.77. The van der Waals surface area contributed by atoms with Crippen molar-refractivity contribution >= 4 is 20.0 Å². The fourth-order valence-corrected chi connectivity index (χ4v) is 3.40. The molecule has 2 rings (SSSR count). The van der Waals surface area contributed by atoms with Gasteiger partial charge in [0.15, 0.2) is 0 Å². The zero-order chi connectivity index (χ0) is 16.4. The van der Waals surface area contributed by atoms with Gasteiger partial charge in [0.05, 0.1) is 9.79 Å². The largest absolute Gasteiger partial charge is 0.240 e. The average molecular weight is 340 g/mol. The standard InChI is InChI=1S/C14H16N2O4S2/c1-11-4-2-3-5-12(11)10-16-22(19,20)14-8-6-13(7-9-14)21(15,17)18/h2-9,16H,10H2,1H3,(H2,15,17,18). The molecule has 0 aromatic heterocycles. The highest BCUT2D eigenvalue weighted by Gasteiger charge is 2.15. The predicted molar refractivity (Wildman–Crippen MR) is 83.0 cm³/mol. The highest BCUT2D eigenvalue weighted by molar-refractivity contribution is 7.89. The van der Waals surface area contributed by atoms with Crippen molar-refractivity contribution in [2.75, 3.05) is 0 Å². The molecule has 0 fully saturated rings. The van der Waals surface area contributed by atoms with Crippen LogP contribution in [0.3, 0.4) is 0 Å². The summed E-state index contributed by atoms with van der Waals surface area (Å²) in [6, 6.07) is 12.2. The molecule has 0 aliphatic carbocycles. The third kappa shape index (κ3) is 3.92. The Bertz CT molecular complexity index is 873. The quantitative estimate of drug-likeness (QED) is 0.850. The maximum absolute atomic E-state index is 12.2. The number of nitrogens with two attached hydrogens (primary N) is 1. The summed E-state index contributed by atoms with van der Waals surface area (Å²) < 4.78 is 49.2. The van der Waals surface area contributed by atoms with E-state index in [1.165, 1.54) is 12.1 Å². The zero-order valence-electron chi connectivity index (χ0n) is 11.9. The van der Waals surface area contributed by atoms with Gasteiger partial charge in [-0.25, -0.2) is 26.7 Å². The first kappa shape index (κ1) is 16.6. The molecule has 0 radical (unpaired) electrons. The molecule has 3 N–H and O–H groups in total. The molecular formula is C14H16N2O4S2. The van der Waals surface area contributed by atoms with E-state index in [4.69, 9.17) is 5.14 Å². The normalized spacial score (nSPS) is 12.3. The van der Waals surface area contributed by atoms with E-state index in [-0.39, 0.29) is 16.3 Å². The molecule has 6 nitrogen and oxygen atoms in total. The van der Waals surface area contributed by atoms with Crippen molar-refractivity contribution in [2.24, 2.45) is 5.14 Å². The lowest BCUT2D eigenvalue weighted by Gasteiger charge is -2.09. The molecule has 0 bridgehead atoms. The monoisotopic (exact) mass is 340 g/mol. The van der Waals surface area contributed by atoms with Gasteiger partial charge < -0.3 is 0 Å².